The molecule has 28 heavy (non-hydrogen) atoms. The van der Waals surface area contributed by atoms with E-state index in [1.807, 2.05) is 54.0 Å². The second kappa shape index (κ2) is 7.15. The fraction of sp³-hybridized carbons (Fsp3) is 0.200. The molecule has 2 aromatic carbocycles. The molecule has 0 fully saturated rings. The molecule has 0 aliphatic heterocycles. The van der Waals surface area contributed by atoms with E-state index in [-0.39, 0.29) is 0 Å². The lowest BCUT2D eigenvalue weighted by molar-refractivity contribution is -0.598. The first-order valence-corrected chi connectivity index (χ1v) is 8.61. The molecule has 0 atom stereocenters. The summed E-state index contributed by atoms with van der Waals surface area (Å²) in [5, 5.41) is 17.4. The van der Waals surface area contributed by atoms with Crippen LogP contribution in [0.3, 0.4) is 0 Å². The Hall–Kier alpha value is -3.68. The Kier molecular flexibility index (Phi) is 4.52. The minimum atomic E-state index is 0.403. The highest BCUT2D eigenvalue weighted by Crippen LogP contribution is 2.36. The van der Waals surface area contributed by atoms with E-state index >= 15 is 0 Å². The van der Waals surface area contributed by atoms with Crippen LogP contribution >= 0.6 is 0 Å². The minimum Gasteiger partial charge on any atom is -0.497 e. The third-order valence-electron chi connectivity index (χ3n) is 4.62. The number of fused-ring (bicyclic) bond motifs is 1. The second-order valence-electron chi connectivity index (χ2n) is 6.17. The zero-order valence-electron chi connectivity index (χ0n) is 16.0. The van der Waals surface area contributed by atoms with Gasteiger partial charge in [0.1, 0.15) is 5.75 Å². The third kappa shape index (κ3) is 2.88. The normalized spacial score (nSPS) is 10.9. The van der Waals surface area contributed by atoms with E-state index in [0.717, 1.165) is 33.5 Å². The van der Waals surface area contributed by atoms with Gasteiger partial charge >= 0.3 is 0 Å². The van der Waals surface area contributed by atoms with Gasteiger partial charge in [-0.1, -0.05) is 10.2 Å². The summed E-state index contributed by atoms with van der Waals surface area (Å²) >= 11 is 0. The molecule has 0 unspecified atom stereocenters. The Morgan fingerprint density at radius 1 is 0.893 bits per heavy atom. The van der Waals surface area contributed by atoms with E-state index in [1.165, 1.54) is 0 Å². The summed E-state index contributed by atoms with van der Waals surface area (Å²) in [6.07, 6.45) is 0. The summed E-state index contributed by atoms with van der Waals surface area (Å²) < 4.78 is 18.2. The first-order chi connectivity index (χ1) is 13.7. The summed E-state index contributed by atoms with van der Waals surface area (Å²) in [6.45, 7) is 1.99. The molecule has 0 radical (unpaired) electrons. The molecule has 0 aliphatic rings. The van der Waals surface area contributed by atoms with Crippen molar-refractivity contribution in [1.82, 2.24) is 20.6 Å². The van der Waals surface area contributed by atoms with Crippen molar-refractivity contribution < 1.29 is 18.8 Å². The lowest BCUT2D eigenvalue weighted by Gasteiger charge is -2.19. The van der Waals surface area contributed by atoms with E-state index in [0.29, 0.717) is 17.4 Å². The first kappa shape index (κ1) is 17.7. The predicted molar refractivity (Wildman–Crippen MR) is 102 cm³/mol. The minimum absolute atomic E-state index is 0.403. The highest BCUT2D eigenvalue weighted by Gasteiger charge is 2.18. The standard InChI is InChI=1S/C20H19N5O3/c1-12-9-14-10-17(27-3)18(28-4)11-16(14)19(25(12)20-21-23-24-22-20)13-5-7-15(26-2)8-6-13/h5-11H,1-4H3. The lowest BCUT2D eigenvalue weighted by Crippen LogP contribution is -2.39. The van der Waals surface area contributed by atoms with Crippen LogP contribution in [-0.2, 0) is 0 Å². The number of rotatable bonds is 5. The first-order valence-electron chi connectivity index (χ1n) is 8.61. The summed E-state index contributed by atoms with van der Waals surface area (Å²) in [7, 11) is 4.88. The number of pyridine rings is 1. The highest BCUT2D eigenvalue weighted by molar-refractivity contribution is 5.95. The lowest BCUT2D eigenvalue weighted by atomic mass is 10.0. The molecule has 142 valence electrons. The SMILES string of the molecule is COc1ccc(-c2c3cc(OC)c(OC)cc3cc(C)[n+]2-c2nnn[n-]2)cc1. The number of aryl methyl sites for hydroxylation is 1. The molecule has 0 bridgehead atoms. The Morgan fingerprint density at radius 2 is 1.61 bits per heavy atom. The van der Waals surface area contributed by atoms with Crippen LogP contribution in [0.5, 0.6) is 17.2 Å². The second-order valence-corrected chi connectivity index (χ2v) is 6.17. The Labute approximate surface area is 161 Å². The number of ether oxygens (including phenoxy) is 3. The van der Waals surface area contributed by atoms with Gasteiger partial charge in [0.2, 0.25) is 0 Å². The number of nitrogens with zero attached hydrogens (tertiary/aromatic N) is 5. The molecule has 0 spiro atoms. The van der Waals surface area contributed by atoms with Crippen molar-refractivity contribution in [3.63, 3.8) is 0 Å². The average Bonchev–Trinajstić information content (AvgIpc) is 3.26. The number of aromatic nitrogens is 5. The van der Waals surface area contributed by atoms with Gasteiger partial charge in [-0.25, -0.2) is 0 Å². The highest BCUT2D eigenvalue weighted by atomic mass is 16.5. The van der Waals surface area contributed by atoms with E-state index in [1.54, 1.807) is 21.3 Å². The number of methoxy groups -OCH3 is 3. The van der Waals surface area contributed by atoms with Crippen molar-refractivity contribution >= 4 is 10.8 Å². The Bertz CT molecular complexity index is 1130. The molecular formula is C20H19N5O3. The molecule has 2 heterocycles. The maximum atomic E-state index is 5.52. The average molecular weight is 377 g/mol. The molecule has 2 aromatic heterocycles. The smallest absolute Gasteiger partial charge is 0.277 e. The van der Waals surface area contributed by atoms with E-state index < -0.39 is 0 Å². The maximum Gasteiger partial charge on any atom is 0.277 e. The largest absolute Gasteiger partial charge is 0.497 e. The molecule has 0 saturated carbocycles. The fourth-order valence-corrected chi connectivity index (χ4v) is 3.33. The van der Waals surface area contributed by atoms with Crippen molar-refractivity contribution in [3.05, 3.63) is 48.2 Å². The fourth-order valence-electron chi connectivity index (χ4n) is 3.33. The zero-order chi connectivity index (χ0) is 19.7. The van der Waals surface area contributed by atoms with E-state index in [2.05, 4.69) is 20.6 Å². The van der Waals surface area contributed by atoms with Crippen LogP contribution in [0.2, 0.25) is 0 Å². The van der Waals surface area contributed by atoms with Crippen LogP contribution < -0.4 is 23.9 Å². The van der Waals surface area contributed by atoms with Gasteiger partial charge in [0.05, 0.1) is 27.0 Å². The molecular weight excluding hydrogens is 358 g/mol. The quantitative estimate of drug-likeness (QED) is 0.493. The Balaban J connectivity index is 2.10. The van der Waals surface area contributed by atoms with Crippen LogP contribution in [0.15, 0.2) is 42.5 Å². The molecule has 8 heteroatoms. The van der Waals surface area contributed by atoms with Crippen molar-refractivity contribution in [1.29, 1.82) is 0 Å². The summed E-state index contributed by atoms with van der Waals surface area (Å²) in [5.41, 5.74) is 2.79. The van der Waals surface area contributed by atoms with Crippen LogP contribution in [0.1, 0.15) is 5.69 Å². The number of hydrogen-bond acceptors (Lipinski definition) is 6. The zero-order valence-corrected chi connectivity index (χ0v) is 16.0. The van der Waals surface area contributed by atoms with Crippen LogP contribution in [-0.4, -0.2) is 36.9 Å². The monoisotopic (exact) mass is 377 g/mol. The van der Waals surface area contributed by atoms with Crippen molar-refractivity contribution in [2.75, 3.05) is 21.3 Å². The number of hydrogen-bond donors (Lipinski definition) is 0. The molecule has 0 saturated heterocycles. The van der Waals surface area contributed by atoms with Crippen LogP contribution in [0.4, 0.5) is 0 Å². The molecule has 0 amide bonds. The number of benzene rings is 2. The maximum absolute atomic E-state index is 5.52. The van der Waals surface area contributed by atoms with Crippen molar-refractivity contribution in [3.8, 4) is 34.5 Å². The summed E-state index contributed by atoms with van der Waals surface area (Å²) in [5.74, 6) is 2.49. The van der Waals surface area contributed by atoms with Crippen molar-refractivity contribution in [2.45, 2.75) is 6.92 Å². The molecule has 4 aromatic rings. The van der Waals surface area contributed by atoms with Crippen LogP contribution in [0, 0.1) is 6.92 Å². The predicted octanol–water partition coefficient (Wildman–Crippen LogP) is 2.26. The third-order valence-corrected chi connectivity index (χ3v) is 4.62. The van der Waals surface area contributed by atoms with Gasteiger partial charge in [0.25, 0.3) is 5.95 Å². The van der Waals surface area contributed by atoms with Gasteiger partial charge in [0, 0.05) is 11.1 Å². The molecule has 4 rings (SSSR count). The summed E-state index contributed by atoms with van der Waals surface area (Å²) in [4.78, 5) is 0. The van der Waals surface area contributed by atoms with Gasteiger partial charge in [0.15, 0.2) is 11.5 Å². The van der Waals surface area contributed by atoms with Crippen LogP contribution in [0.25, 0.3) is 28.0 Å². The topological polar surface area (TPSA) is 84.3 Å². The van der Waals surface area contributed by atoms with Gasteiger partial charge in [-0.3, -0.25) is 4.57 Å². The molecule has 8 nitrogen and oxygen atoms in total. The molecule has 0 aliphatic carbocycles. The summed E-state index contributed by atoms with van der Waals surface area (Å²) in [6, 6.07) is 13.8. The van der Waals surface area contributed by atoms with Gasteiger partial charge in [-0.2, -0.15) is 0 Å². The van der Waals surface area contributed by atoms with Gasteiger partial charge < -0.3 is 14.2 Å². The van der Waals surface area contributed by atoms with Gasteiger partial charge in [-0.15, -0.1) is 0 Å². The Morgan fingerprint density at radius 3 is 2.21 bits per heavy atom. The van der Waals surface area contributed by atoms with Gasteiger partial charge in [-0.05, 0) is 70.8 Å². The van der Waals surface area contributed by atoms with E-state index in [9.17, 15) is 0 Å². The number of tetrazole rings is 1. The van der Waals surface area contributed by atoms with Crippen molar-refractivity contribution in [2.24, 2.45) is 0 Å². The van der Waals surface area contributed by atoms with E-state index in [4.69, 9.17) is 14.2 Å². The molecule has 0 N–H and O–H groups in total.